The van der Waals surface area contributed by atoms with E-state index in [9.17, 15) is 0 Å². The van der Waals surface area contributed by atoms with Crippen LogP contribution in [0.5, 0.6) is 0 Å². The lowest BCUT2D eigenvalue weighted by Gasteiger charge is -2.42. The van der Waals surface area contributed by atoms with Gasteiger partial charge in [-0.2, -0.15) is 0 Å². The number of rotatable bonds is 7. The van der Waals surface area contributed by atoms with Crippen molar-refractivity contribution in [1.29, 1.82) is 0 Å². The van der Waals surface area contributed by atoms with Crippen LogP contribution in [-0.4, -0.2) is 4.57 Å². The summed E-state index contributed by atoms with van der Waals surface area (Å²) in [4.78, 5) is 2.38. The Morgan fingerprint density at radius 1 is 0.407 bits per heavy atom. The van der Waals surface area contributed by atoms with Crippen molar-refractivity contribution in [3.8, 4) is 39.1 Å². The van der Waals surface area contributed by atoms with Gasteiger partial charge < -0.3 is 9.47 Å². The maximum atomic E-state index is 2.49. The summed E-state index contributed by atoms with van der Waals surface area (Å²) in [5.74, 6) is 0. The summed E-state index contributed by atoms with van der Waals surface area (Å²) in [6, 6.07) is 69.3. The third-order valence-electron chi connectivity index (χ3n) is 13.0. The van der Waals surface area contributed by atoms with E-state index in [0.717, 1.165) is 11.4 Å². The third-order valence-corrected chi connectivity index (χ3v) is 13.0. The zero-order valence-corrected chi connectivity index (χ0v) is 34.7. The maximum Gasteiger partial charge on any atom is 0.0547 e. The molecule has 2 nitrogen and oxygen atoms in total. The summed E-state index contributed by atoms with van der Waals surface area (Å²) in [5, 5.41) is 2.56. The molecule has 0 fully saturated rings. The molecule has 0 radical (unpaired) electrons. The van der Waals surface area contributed by atoms with Gasteiger partial charge in [0.1, 0.15) is 0 Å². The molecule has 9 aromatic rings. The van der Waals surface area contributed by atoms with Crippen LogP contribution in [0.3, 0.4) is 0 Å². The minimum atomic E-state index is 0.131. The van der Waals surface area contributed by atoms with Gasteiger partial charge >= 0.3 is 0 Å². The fourth-order valence-electron chi connectivity index (χ4n) is 9.52. The first-order chi connectivity index (χ1) is 28.6. The van der Waals surface area contributed by atoms with E-state index in [1.807, 2.05) is 0 Å². The molecule has 1 aliphatic carbocycles. The second-order valence-corrected chi connectivity index (χ2v) is 17.7. The third kappa shape index (κ3) is 6.54. The second-order valence-electron chi connectivity index (χ2n) is 17.7. The van der Waals surface area contributed by atoms with Crippen LogP contribution < -0.4 is 4.90 Å². The van der Waals surface area contributed by atoms with Crippen LogP contribution in [0, 0.1) is 6.92 Å². The molecule has 0 spiro atoms. The number of nitrogens with zero attached hydrogens (tertiary/aromatic N) is 2. The molecule has 0 amide bonds. The molecule has 0 aliphatic heterocycles. The lowest BCUT2D eigenvalue weighted by Crippen LogP contribution is -2.33. The molecule has 0 N–H and O–H groups in total. The molecule has 8 aromatic carbocycles. The molecule has 10 rings (SSSR count). The van der Waals surface area contributed by atoms with Gasteiger partial charge in [0.2, 0.25) is 0 Å². The minimum absolute atomic E-state index is 0.131. The smallest absolute Gasteiger partial charge is 0.0547 e. The number of hydrogen-bond donors (Lipinski definition) is 0. The fourth-order valence-corrected chi connectivity index (χ4v) is 9.52. The predicted molar refractivity (Wildman–Crippen MR) is 252 cm³/mol. The molecule has 0 saturated heterocycles. The molecule has 0 saturated carbocycles. The topological polar surface area (TPSA) is 8.17 Å². The van der Waals surface area contributed by atoms with Crippen molar-refractivity contribution in [1.82, 2.24) is 4.57 Å². The first-order valence-corrected chi connectivity index (χ1v) is 21.1. The Kier molecular flexibility index (Phi) is 8.91. The summed E-state index contributed by atoms with van der Waals surface area (Å²) < 4.78 is 2.49. The van der Waals surface area contributed by atoms with Gasteiger partial charge in [0.05, 0.1) is 11.0 Å². The molecule has 1 aliphatic rings. The van der Waals surface area contributed by atoms with E-state index in [4.69, 9.17) is 0 Å². The van der Waals surface area contributed by atoms with Crippen molar-refractivity contribution in [2.75, 3.05) is 4.90 Å². The van der Waals surface area contributed by atoms with Gasteiger partial charge in [-0.1, -0.05) is 155 Å². The summed E-state index contributed by atoms with van der Waals surface area (Å²) in [6.07, 6.45) is 2.40. The van der Waals surface area contributed by atoms with Gasteiger partial charge in [0.25, 0.3) is 0 Å². The van der Waals surface area contributed by atoms with Crippen molar-refractivity contribution >= 4 is 38.9 Å². The average molecular weight is 763 g/mol. The van der Waals surface area contributed by atoms with Gasteiger partial charge in [-0.15, -0.1) is 0 Å². The zero-order chi connectivity index (χ0) is 40.3. The van der Waals surface area contributed by atoms with E-state index < -0.39 is 0 Å². The van der Waals surface area contributed by atoms with Crippen LogP contribution in [-0.2, 0) is 10.8 Å². The highest BCUT2D eigenvalue weighted by atomic mass is 15.1. The Morgan fingerprint density at radius 3 is 1.75 bits per heavy atom. The number of hydrogen-bond acceptors (Lipinski definition) is 1. The molecule has 0 atom stereocenters. The molecule has 288 valence electrons. The van der Waals surface area contributed by atoms with E-state index in [0.29, 0.717) is 0 Å². The molecular formula is C57H50N2. The van der Waals surface area contributed by atoms with Crippen LogP contribution in [0.2, 0.25) is 0 Å². The molecule has 59 heavy (non-hydrogen) atoms. The normalized spacial score (nSPS) is 14.3. The molecular weight excluding hydrogens is 713 g/mol. The van der Waals surface area contributed by atoms with Gasteiger partial charge in [-0.05, 0) is 141 Å². The summed E-state index contributed by atoms with van der Waals surface area (Å²) in [7, 11) is 0. The first-order valence-electron chi connectivity index (χ1n) is 21.1. The van der Waals surface area contributed by atoms with Crippen molar-refractivity contribution in [2.45, 2.75) is 58.3 Å². The SMILES string of the molecule is Cc1ccccc1N(c1ccc(-c2ccccc2)cc1)c1cccc(-c2cccc(-c3ccc4c5ccccc5n(-c5ccc6c(c5)C(C)(C)CCC6(C)C)c4c3)c2)c1. The Balaban J connectivity index is 1.05. The highest BCUT2D eigenvalue weighted by molar-refractivity contribution is 6.10. The quantitative estimate of drug-likeness (QED) is 0.157. The van der Waals surface area contributed by atoms with Crippen LogP contribution >= 0.6 is 0 Å². The fraction of sp³-hybridized carbons (Fsp3) is 0.158. The van der Waals surface area contributed by atoms with E-state index in [1.54, 1.807) is 0 Å². The summed E-state index contributed by atoms with van der Waals surface area (Å²) in [6.45, 7) is 11.8. The van der Waals surface area contributed by atoms with E-state index in [2.05, 4.69) is 232 Å². The van der Waals surface area contributed by atoms with Crippen LogP contribution in [0.4, 0.5) is 17.1 Å². The maximum absolute atomic E-state index is 2.49. The lowest BCUT2D eigenvalue weighted by molar-refractivity contribution is 0.332. The number of anilines is 3. The van der Waals surface area contributed by atoms with Gasteiger partial charge in [-0.3, -0.25) is 0 Å². The second kappa shape index (κ2) is 14.3. The average Bonchev–Trinajstić information content (AvgIpc) is 3.60. The number of para-hydroxylation sites is 2. The van der Waals surface area contributed by atoms with Crippen LogP contribution in [0.15, 0.2) is 188 Å². The van der Waals surface area contributed by atoms with E-state index >= 15 is 0 Å². The molecule has 0 bridgehead atoms. The Hall–Kier alpha value is -6.64. The monoisotopic (exact) mass is 762 g/mol. The van der Waals surface area contributed by atoms with Gasteiger partial charge in [0.15, 0.2) is 0 Å². The first kappa shape index (κ1) is 36.7. The number of benzene rings is 8. The van der Waals surface area contributed by atoms with Crippen LogP contribution in [0.25, 0.3) is 60.9 Å². The number of aryl methyl sites for hydroxylation is 1. The van der Waals surface area contributed by atoms with Crippen molar-refractivity contribution < 1.29 is 0 Å². The largest absolute Gasteiger partial charge is 0.310 e. The van der Waals surface area contributed by atoms with E-state index in [-0.39, 0.29) is 10.8 Å². The molecule has 0 unspecified atom stereocenters. The minimum Gasteiger partial charge on any atom is -0.310 e. The van der Waals surface area contributed by atoms with Crippen molar-refractivity contribution in [3.63, 3.8) is 0 Å². The Labute approximate surface area is 349 Å². The highest BCUT2D eigenvalue weighted by Gasteiger charge is 2.37. The number of aromatic nitrogens is 1. The van der Waals surface area contributed by atoms with Crippen molar-refractivity contribution in [2.24, 2.45) is 0 Å². The molecule has 2 heteroatoms. The predicted octanol–water partition coefficient (Wildman–Crippen LogP) is 15.9. The molecule has 1 aromatic heterocycles. The summed E-state index contributed by atoms with van der Waals surface area (Å²) in [5.41, 5.74) is 18.8. The van der Waals surface area contributed by atoms with Crippen molar-refractivity contribution in [3.05, 3.63) is 205 Å². The zero-order valence-electron chi connectivity index (χ0n) is 34.7. The van der Waals surface area contributed by atoms with E-state index in [1.165, 1.54) is 96.1 Å². The van der Waals surface area contributed by atoms with Gasteiger partial charge in [-0.25, -0.2) is 0 Å². The Morgan fingerprint density at radius 2 is 0.983 bits per heavy atom. The Bertz CT molecular complexity index is 3000. The lowest BCUT2D eigenvalue weighted by atomic mass is 9.63. The summed E-state index contributed by atoms with van der Waals surface area (Å²) >= 11 is 0. The highest BCUT2D eigenvalue weighted by Crippen LogP contribution is 2.47. The van der Waals surface area contributed by atoms with Crippen LogP contribution in [0.1, 0.15) is 57.2 Å². The standard InChI is InChI=1S/C57H50N2/c1-39-15-9-11-23-53(39)58(46-28-25-41(26-29-46)40-16-7-6-8-17-40)47-21-14-20-44(36-47)42-18-13-19-43(35-42)45-27-31-50-49-22-10-12-24-54(49)59(55(50)37-45)48-30-32-51-52(38-48)57(4,5)34-33-56(51,2)3/h6-32,35-38H,33-34H2,1-5H3. The number of fused-ring (bicyclic) bond motifs is 4. The van der Waals surface area contributed by atoms with Gasteiger partial charge in [0, 0.05) is 33.5 Å². The molecule has 1 heterocycles.